The van der Waals surface area contributed by atoms with Gasteiger partial charge in [-0.2, -0.15) is 34.8 Å². The van der Waals surface area contributed by atoms with Crippen LogP contribution in [0.3, 0.4) is 0 Å². The number of alkyl halides is 6. The number of carboxylic acid groups (broad SMARTS) is 1. The van der Waals surface area contributed by atoms with E-state index in [1.165, 1.54) is 0 Å². The Morgan fingerprint density at radius 1 is 0.676 bits per heavy atom. The first-order valence-corrected chi connectivity index (χ1v) is 24.7. The van der Waals surface area contributed by atoms with E-state index in [1.54, 1.807) is 182 Å². The van der Waals surface area contributed by atoms with Crippen LogP contribution in [0.5, 0.6) is 0 Å². The van der Waals surface area contributed by atoms with Gasteiger partial charge in [0, 0.05) is 23.1 Å². The lowest BCUT2D eigenvalue weighted by Gasteiger charge is -2.49. The number of aliphatic carboxylic acids is 1. The summed E-state index contributed by atoms with van der Waals surface area (Å²) in [4.78, 5) is 51.5. The van der Waals surface area contributed by atoms with Crippen molar-refractivity contribution < 1.29 is 63.3 Å². The van der Waals surface area contributed by atoms with Crippen molar-refractivity contribution >= 4 is 50.1 Å². The zero-order valence-corrected chi connectivity index (χ0v) is 39.8. The van der Waals surface area contributed by atoms with Gasteiger partial charge in [-0.1, -0.05) is 198 Å². The molecular formula is C53H39F6N5O8S2. The summed E-state index contributed by atoms with van der Waals surface area (Å²) in [5.74, 6) is -5.97. The number of β-lactam (4-membered cyclic amide) rings is 1. The molecule has 2 unspecified atom stereocenters. The van der Waals surface area contributed by atoms with Gasteiger partial charge in [-0.25, -0.2) is 9.78 Å². The van der Waals surface area contributed by atoms with Crippen LogP contribution in [-0.4, -0.2) is 64.5 Å². The molecule has 3 N–H and O–H groups in total. The summed E-state index contributed by atoms with van der Waals surface area (Å²) in [6.45, 7) is 0. The van der Waals surface area contributed by atoms with Crippen molar-refractivity contribution in [2.45, 2.75) is 47.7 Å². The van der Waals surface area contributed by atoms with E-state index >= 15 is 18.0 Å². The number of halogens is 6. The number of amides is 2. The van der Waals surface area contributed by atoms with Crippen molar-refractivity contribution in [3.8, 4) is 0 Å². The van der Waals surface area contributed by atoms with E-state index in [0.29, 0.717) is 38.3 Å². The molecular weight excluding hydrogens is 1010 g/mol. The zero-order valence-electron chi connectivity index (χ0n) is 38.1. The number of carboxylic acids is 1. The zero-order chi connectivity index (χ0) is 52.5. The second-order valence-corrected chi connectivity index (χ2v) is 19.3. The van der Waals surface area contributed by atoms with E-state index in [-0.39, 0.29) is 16.5 Å². The van der Waals surface area contributed by atoms with Gasteiger partial charge < -0.3 is 24.8 Å². The summed E-state index contributed by atoms with van der Waals surface area (Å²) in [5, 5.41) is 19.7. The van der Waals surface area contributed by atoms with Crippen LogP contribution in [0.25, 0.3) is 0 Å². The molecule has 2 amide bonds. The Labute approximate surface area is 422 Å². The number of allylic oxidation sites excluding steroid dienone is 1. The van der Waals surface area contributed by atoms with Crippen LogP contribution in [0.15, 0.2) is 199 Å². The van der Waals surface area contributed by atoms with Gasteiger partial charge in [0.15, 0.2) is 22.3 Å². The normalized spacial score (nSPS) is 16.4. The van der Waals surface area contributed by atoms with Crippen LogP contribution in [-0.2, 0) is 50.8 Å². The highest BCUT2D eigenvalue weighted by molar-refractivity contribution is 7.87. The molecule has 13 nitrogen and oxygen atoms in total. The van der Waals surface area contributed by atoms with E-state index in [9.17, 15) is 36.3 Å². The third kappa shape index (κ3) is 9.34. The molecule has 21 heteroatoms. The number of thiazole rings is 1. The number of benzene rings is 6. The number of carbonyl (C=O) groups is 3. The molecule has 2 aliphatic heterocycles. The van der Waals surface area contributed by atoms with Gasteiger partial charge in [-0.15, -0.1) is 0 Å². The molecule has 3 heterocycles. The van der Waals surface area contributed by atoms with E-state index in [2.05, 4.69) is 25.0 Å². The smallest absolute Gasteiger partial charge is 0.476 e. The lowest BCUT2D eigenvalue weighted by atomic mass is 9.77. The first-order valence-electron chi connectivity index (χ1n) is 22.4. The minimum absolute atomic E-state index is 0.160. The fourth-order valence-electron chi connectivity index (χ4n) is 9.15. The van der Waals surface area contributed by atoms with Crippen LogP contribution in [0.2, 0.25) is 0 Å². The van der Waals surface area contributed by atoms with Gasteiger partial charge >= 0.3 is 27.8 Å². The maximum absolute atomic E-state index is 15.8. The summed E-state index contributed by atoms with van der Waals surface area (Å²) in [7, 11) is -6.39. The number of rotatable bonds is 16. The number of aromatic nitrogens is 1. The van der Waals surface area contributed by atoms with Crippen molar-refractivity contribution in [2.75, 3.05) is 5.32 Å². The average molecular weight is 1050 g/mol. The molecule has 1 fully saturated rings. The minimum atomic E-state index is -6.39. The fourth-order valence-corrected chi connectivity index (χ4v) is 10.6. The summed E-state index contributed by atoms with van der Waals surface area (Å²) >= 11 is 0.160. The van der Waals surface area contributed by atoms with Crippen molar-refractivity contribution in [3.05, 3.63) is 237 Å². The molecule has 0 radical (unpaired) electrons. The number of anilines is 1. The standard InChI is InChI=1S/C53H39F6N5O8S2/c54-52(55,56)45-42(61-49(73-45)62-50(33-19-7-1-8-20-33,34-21-9-2-10-22-34)35-23-11-3-12-24-35)43(63-72-51(36-25-13-4-14-26-36,37-27-15-5-16-28-37)38-29-17-6-18-30-38)46(65)60-41-39-31-32-40(71-74(69,70)53(57,58)59)44(48(67)68)64(39)47(41)66/h1-30,39,41H,31-32H2,(H,60,65)(H,61,62)(H,67,68). The van der Waals surface area contributed by atoms with E-state index in [4.69, 9.17) is 4.84 Å². The highest BCUT2D eigenvalue weighted by Gasteiger charge is 2.57. The predicted octanol–water partition coefficient (Wildman–Crippen LogP) is 9.93. The van der Waals surface area contributed by atoms with Crippen molar-refractivity contribution in [3.63, 3.8) is 0 Å². The first kappa shape index (κ1) is 50.6. The molecule has 0 aliphatic carbocycles. The van der Waals surface area contributed by atoms with Crippen LogP contribution in [0.4, 0.5) is 31.5 Å². The topological polar surface area (TPSA) is 177 Å². The Morgan fingerprint density at radius 2 is 1.09 bits per heavy atom. The Balaban J connectivity index is 1.21. The second-order valence-electron chi connectivity index (χ2n) is 16.8. The second kappa shape index (κ2) is 20.0. The highest BCUT2D eigenvalue weighted by Crippen LogP contribution is 2.46. The maximum Gasteiger partial charge on any atom is 0.534 e. The highest BCUT2D eigenvalue weighted by atomic mass is 32.2. The minimum Gasteiger partial charge on any atom is -0.476 e. The van der Waals surface area contributed by atoms with Crippen molar-refractivity contribution in [2.24, 2.45) is 5.16 Å². The van der Waals surface area contributed by atoms with Gasteiger partial charge in [0.2, 0.25) is 5.60 Å². The number of nitrogens with one attached hydrogen (secondary N) is 2. The summed E-state index contributed by atoms with van der Waals surface area (Å²) in [6.07, 6.45) is -6.47. The molecule has 1 aromatic heterocycles. The molecule has 0 spiro atoms. The quantitative estimate of drug-likeness (QED) is 0.0161. The maximum atomic E-state index is 15.8. The fraction of sp³-hybridized carbons (Fsp3) is 0.151. The Hall–Kier alpha value is -8.30. The number of carbonyl (C=O) groups excluding carboxylic acids is 2. The van der Waals surface area contributed by atoms with Crippen LogP contribution >= 0.6 is 11.3 Å². The van der Waals surface area contributed by atoms with Crippen molar-refractivity contribution in [1.82, 2.24) is 15.2 Å². The molecule has 7 aromatic rings. The first-order chi connectivity index (χ1) is 35.4. The number of hydrogen-bond acceptors (Lipinski definition) is 11. The Bertz CT molecular complexity index is 3170. The van der Waals surface area contributed by atoms with Gasteiger partial charge in [0.05, 0.1) is 6.04 Å². The molecule has 74 heavy (non-hydrogen) atoms. The molecule has 6 aromatic carbocycles. The average Bonchev–Trinajstić information content (AvgIpc) is 3.83. The van der Waals surface area contributed by atoms with E-state index in [1.807, 2.05) is 0 Å². The number of nitrogens with zero attached hydrogens (tertiary/aromatic N) is 3. The largest absolute Gasteiger partial charge is 0.534 e. The molecule has 2 atom stereocenters. The van der Waals surface area contributed by atoms with E-state index < -0.39 is 103 Å². The van der Waals surface area contributed by atoms with E-state index in [0.717, 1.165) is 0 Å². The lowest BCUT2D eigenvalue weighted by molar-refractivity contribution is -0.156. The molecule has 378 valence electrons. The molecule has 9 rings (SSSR count). The Kier molecular flexibility index (Phi) is 13.7. The van der Waals surface area contributed by atoms with Crippen molar-refractivity contribution in [1.29, 1.82) is 0 Å². The van der Waals surface area contributed by atoms with Crippen LogP contribution in [0, 0.1) is 0 Å². The van der Waals surface area contributed by atoms with Crippen LogP contribution < -0.4 is 10.6 Å². The van der Waals surface area contributed by atoms with Gasteiger partial charge in [0.25, 0.3) is 11.8 Å². The van der Waals surface area contributed by atoms with Gasteiger partial charge in [0.1, 0.15) is 22.2 Å². The number of hydrogen-bond donors (Lipinski definition) is 3. The van der Waals surface area contributed by atoms with Gasteiger partial charge in [-0.3, -0.25) is 14.5 Å². The summed E-state index contributed by atoms with van der Waals surface area (Å²) in [5.41, 5.74) is -9.52. The van der Waals surface area contributed by atoms with Gasteiger partial charge in [-0.05, 0) is 23.1 Å². The molecule has 2 aliphatic rings. The summed E-state index contributed by atoms with van der Waals surface area (Å²) < 4.78 is 115. The Morgan fingerprint density at radius 3 is 1.49 bits per heavy atom. The van der Waals surface area contributed by atoms with Crippen LogP contribution in [0.1, 0.15) is 56.8 Å². The molecule has 0 bridgehead atoms. The lowest BCUT2D eigenvalue weighted by Crippen LogP contribution is -2.72. The third-order valence-electron chi connectivity index (χ3n) is 12.4. The molecule has 0 saturated carbocycles. The monoisotopic (exact) mass is 1050 g/mol. The molecule has 1 saturated heterocycles. The summed E-state index contributed by atoms with van der Waals surface area (Å²) in [6, 6.07) is 49.0. The number of fused-ring (bicyclic) bond motifs is 1. The number of oxime groups is 1. The third-order valence-corrected chi connectivity index (χ3v) is 14.4. The SMILES string of the molecule is O=C(O)C1=C(OS(=O)(=O)C(F)(F)F)CCC2C(NC(=O)C(=NOC(c3ccccc3)(c3ccccc3)c3ccccc3)c3nc(NC(c4ccccc4)(c4ccccc4)c4ccccc4)sc3C(F)(F)F)C(=O)N12. The predicted molar refractivity (Wildman–Crippen MR) is 259 cm³/mol.